The molecule has 1 aliphatic heterocycles. The lowest BCUT2D eigenvalue weighted by Crippen LogP contribution is -2.49. The monoisotopic (exact) mass is 795 g/mol. The molecule has 11 heteroatoms. The molecule has 5 aromatic rings. The van der Waals surface area contributed by atoms with E-state index in [4.69, 9.17) is 19.3 Å². The number of carbonyl (C=O) groups is 4. The van der Waals surface area contributed by atoms with Crippen molar-refractivity contribution in [3.05, 3.63) is 161 Å². The molecule has 1 N–H and O–H groups in total. The summed E-state index contributed by atoms with van der Waals surface area (Å²) in [4.78, 5) is 62.3. The highest BCUT2D eigenvalue weighted by Gasteiger charge is 2.42. The third-order valence-electron chi connectivity index (χ3n) is 11.1. The fourth-order valence-electron chi connectivity index (χ4n) is 8.29. The Morgan fingerprint density at radius 2 is 1.22 bits per heavy atom. The topological polar surface area (TPSA) is 124 Å². The van der Waals surface area contributed by atoms with Crippen molar-refractivity contribution < 1.29 is 38.5 Å². The molecule has 1 saturated heterocycles. The lowest BCUT2D eigenvalue weighted by atomic mass is 9.75. The fourth-order valence-corrected chi connectivity index (χ4v) is 8.29. The van der Waals surface area contributed by atoms with Gasteiger partial charge in [0.05, 0.1) is 19.1 Å². The molecule has 1 heterocycles. The maximum absolute atomic E-state index is 13.2. The summed E-state index contributed by atoms with van der Waals surface area (Å²) in [7, 11) is 1.63. The smallest absolute Gasteiger partial charge is 0.407 e. The van der Waals surface area contributed by atoms with Gasteiger partial charge >= 0.3 is 12.1 Å². The number of alkyl carbamates (subject to hydrolysis) is 1. The molecular weight excluding hydrogens is 747 g/mol. The molecule has 0 radical (unpaired) electrons. The van der Waals surface area contributed by atoms with Crippen LogP contribution in [0.3, 0.4) is 0 Å². The Hall–Kier alpha value is -6.30. The average Bonchev–Trinajstić information content (AvgIpc) is 3.78. The van der Waals surface area contributed by atoms with E-state index in [0.717, 1.165) is 42.4 Å². The highest BCUT2D eigenvalue weighted by atomic mass is 17.3. The molecule has 304 valence electrons. The number of hydrogen-bond donors (Lipinski definition) is 1. The van der Waals surface area contributed by atoms with Crippen molar-refractivity contribution in [3.63, 3.8) is 0 Å². The number of imide groups is 1. The van der Waals surface area contributed by atoms with E-state index < -0.39 is 29.4 Å². The summed E-state index contributed by atoms with van der Waals surface area (Å²) in [5, 5.41) is 3.44. The van der Waals surface area contributed by atoms with E-state index in [-0.39, 0.29) is 38.3 Å². The summed E-state index contributed by atoms with van der Waals surface area (Å²) < 4.78 is 11.3. The zero-order valence-corrected chi connectivity index (χ0v) is 33.2. The van der Waals surface area contributed by atoms with Crippen LogP contribution >= 0.6 is 0 Å². The first-order chi connectivity index (χ1) is 28.9. The molecule has 0 spiro atoms. The van der Waals surface area contributed by atoms with Crippen molar-refractivity contribution in [3.8, 4) is 16.9 Å². The molecule has 0 unspecified atom stereocenters. The van der Waals surface area contributed by atoms with Crippen molar-refractivity contribution in [1.29, 1.82) is 0 Å². The summed E-state index contributed by atoms with van der Waals surface area (Å²) in [6.45, 7) is 1.59. The molecule has 5 aromatic carbocycles. The zero-order chi connectivity index (χ0) is 41.0. The zero-order valence-electron chi connectivity index (χ0n) is 33.2. The molecule has 1 aliphatic carbocycles. The maximum Gasteiger partial charge on any atom is 0.407 e. The molecule has 0 aromatic heterocycles. The minimum Gasteiger partial charge on any atom is -0.497 e. The number of nitrogens with zero attached hydrogens (tertiary/aromatic N) is 2. The van der Waals surface area contributed by atoms with Crippen molar-refractivity contribution >= 4 is 23.9 Å². The number of methoxy groups -OCH3 is 1. The van der Waals surface area contributed by atoms with Crippen LogP contribution in [0.25, 0.3) is 11.1 Å². The van der Waals surface area contributed by atoms with E-state index in [1.54, 1.807) is 7.11 Å². The molecule has 59 heavy (non-hydrogen) atoms. The predicted octanol–water partition coefficient (Wildman–Crippen LogP) is 8.32. The third-order valence-corrected chi connectivity index (χ3v) is 11.1. The first-order valence-electron chi connectivity index (χ1n) is 20.2. The van der Waals surface area contributed by atoms with Gasteiger partial charge in [0.25, 0.3) is 11.8 Å². The van der Waals surface area contributed by atoms with Crippen molar-refractivity contribution in [2.24, 2.45) is 0 Å². The van der Waals surface area contributed by atoms with Gasteiger partial charge in [0, 0.05) is 31.8 Å². The Bertz CT molecular complexity index is 2110. The van der Waals surface area contributed by atoms with Gasteiger partial charge in [0.15, 0.2) is 0 Å². The normalized spacial score (nSPS) is 13.6. The molecule has 11 nitrogen and oxygen atoms in total. The van der Waals surface area contributed by atoms with Gasteiger partial charge in [-0.1, -0.05) is 134 Å². The number of carbonyl (C=O) groups excluding carboxylic acids is 4. The van der Waals surface area contributed by atoms with Gasteiger partial charge in [-0.2, -0.15) is 0 Å². The summed E-state index contributed by atoms with van der Waals surface area (Å²) in [5.41, 5.74) is 6.85. The Balaban J connectivity index is 1.01. The summed E-state index contributed by atoms with van der Waals surface area (Å²) in [6, 6.07) is 44.8. The minimum absolute atomic E-state index is 0.000706. The largest absolute Gasteiger partial charge is 0.497 e. The molecule has 1 fully saturated rings. The molecule has 0 bridgehead atoms. The van der Waals surface area contributed by atoms with Gasteiger partial charge in [0.2, 0.25) is 0 Å². The first-order valence-corrected chi connectivity index (χ1v) is 20.2. The quantitative estimate of drug-likeness (QED) is 0.0289. The number of amides is 3. The van der Waals surface area contributed by atoms with Crippen LogP contribution in [0.1, 0.15) is 78.7 Å². The summed E-state index contributed by atoms with van der Waals surface area (Å²) >= 11 is 0. The van der Waals surface area contributed by atoms with Crippen LogP contribution < -0.4 is 10.1 Å². The number of ether oxygens (including phenoxy) is 2. The highest BCUT2D eigenvalue weighted by Crippen LogP contribution is 2.45. The van der Waals surface area contributed by atoms with Crippen molar-refractivity contribution in [2.75, 3.05) is 33.4 Å². The molecule has 2 aliphatic rings. The van der Waals surface area contributed by atoms with E-state index in [1.807, 2.05) is 84.9 Å². The van der Waals surface area contributed by atoms with Gasteiger partial charge in [-0.05, 0) is 75.5 Å². The number of benzene rings is 5. The predicted molar refractivity (Wildman–Crippen MR) is 222 cm³/mol. The van der Waals surface area contributed by atoms with Crippen molar-refractivity contribution in [1.82, 2.24) is 15.3 Å². The van der Waals surface area contributed by atoms with E-state index in [9.17, 15) is 19.2 Å². The Morgan fingerprint density at radius 1 is 0.678 bits per heavy atom. The van der Waals surface area contributed by atoms with Crippen LogP contribution in [0.4, 0.5) is 4.79 Å². The van der Waals surface area contributed by atoms with Gasteiger partial charge < -0.3 is 14.8 Å². The first kappa shape index (κ1) is 40.9. The van der Waals surface area contributed by atoms with Gasteiger partial charge in [-0.15, -0.1) is 5.06 Å². The number of nitrogens with one attached hydrogen (secondary N) is 1. The number of hydroxylamine groups is 2. The second-order valence-electron chi connectivity index (χ2n) is 14.7. The maximum atomic E-state index is 13.2. The van der Waals surface area contributed by atoms with Crippen molar-refractivity contribution in [2.45, 2.75) is 56.4 Å². The molecule has 7 rings (SSSR count). The van der Waals surface area contributed by atoms with Gasteiger partial charge in [0.1, 0.15) is 12.4 Å². The minimum atomic E-state index is -0.845. The van der Waals surface area contributed by atoms with E-state index in [1.165, 1.54) is 22.3 Å². The Labute approximate surface area is 344 Å². The Morgan fingerprint density at radius 3 is 1.81 bits per heavy atom. The van der Waals surface area contributed by atoms with E-state index in [2.05, 4.69) is 58.7 Å². The average molecular weight is 796 g/mol. The number of fused-ring (bicyclic) bond motifs is 3. The SMILES string of the molecule is COc1ccc(C(c2ccccc2)(c2ccccc2)N(CCCCCCNC(=O)OCC2c3ccccc3-c3ccccc32)CCC(=O)OON2C(=O)CCC2=O)cc1. The Kier molecular flexibility index (Phi) is 13.5. The highest BCUT2D eigenvalue weighted by molar-refractivity contribution is 6.00. The summed E-state index contributed by atoms with van der Waals surface area (Å²) in [6.07, 6.45) is 2.77. The standard InChI is InChI=1S/C48H49N3O8/c1-56-38-26-24-37(25-27-38)48(35-16-6-4-7-17-35,36-18-8-5-9-19-36)50(33-30-46(54)58-59-51-44(52)28-29-45(51)53)32-15-3-2-14-31-49-47(55)57-34-43-41-22-12-10-20-39(41)40-21-11-13-23-42(40)43/h4-13,16-27,43H,2-3,14-15,28-34H2,1H3,(H,49,55). The number of unbranched alkanes of at least 4 members (excludes halogenated alkanes) is 3. The molecule has 3 amide bonds. The van der Waals surface area contributed by atoms with Crippen LogP contribution in [0.15, 0.2) is 133 Å². The lowest BCUT2D eigenvalue weighted by molar-refractivity contribution is -0.365. The van der Waals surface area contributed by atoms with Crippen LogP contribution in [0, 0.1) is 0 Å². The van der Waals surface area contributed by atoms with Crippen LogP contribution in [0.5, 0.6) is 5.75 Å². The van der Waals surface area contributed by atoms with Crippen LogP contribution in [-0.2, 0) is 34.5 Å². The summed E-state index contributed by atoms with van der Waals surface area (Å²) in [5.74, 6) is -1.10. The fraction of sp³-hybridized carbons (Fsp3) is 0.292. The van der Waals surface area contributed by atoms with Gasteiger partial charge in [-0.3, -0.25) is 19.4 Å². The molecule has 0 atom stereocenters. The van der Waals surface area contributed by atoms with E-state index in [0.29, 0.717) is 23.9 Å². The van der Waals surface area contributed by atoms with Crippen LogP contribution in [0.2, 0.25) is 0 Å². The molecule has 0 saturated carbocycles. The van der Waals surface area contributed by atoms with Gasteiger partial charge in [-0.25, -0.2) is 9.59 Å². The number of hydrogen-bond acceptors (Lipinski definition) is 9. The van der Waals surface area contributed by atoms with Crippen LogP contribution in [-0.4, -0.2) is 67.2 Å². The number of rotatable bonds is 19. The third kappa shape index (κ3) is 9.22. The lowest BCUT2D eigenvalue weighted by Gasteiger charge is -2.46. The van der Waals surface area contributed by atoms with E-state index >= 15 is 0 Å². The second-order valence-corrected chi connectivity index (χ2v) is 14.7. The molecular formula is C48H49N3O8. The second kappa shape index (κ2) is 19.4.